The topological polar surface area (TPSA) is 62.3 Å². The van der Waals surface area contributed by atoms with Crippen molar-refractivity contribution in [1.29, 1.82) is 0 Å². The monoisotopic (exact) mass is 333 g/mol. The van der Waals surface area contributed by atoms with Gasteiger partial charge < -0.3 is 10.2 Å². The molecule has 0 saturated carbocycles. The first-order valence-corrected chi connectivity index (χ1v) is 8.80. The lowest BCUT2D eigenvalue weighted by molar-refractivity contribution is -0.116. The molecule has 0 radical (unpaired) electrons. The van der Waals surface area contributed by atoms with Gasteiger partial charge in [0.1, 0.15) is 5.01 Å². The number of aromatic nitrogens is 1. The summed E-state index contributed by atoms with van der Waals surface area (Å²) in [5.41, 5.74) is 1.79. The summed E-state index contributed by atoms with van der Waals surface area (Å²) in [7, 11) is 0. The minimum absolute atomic E-state index is 0.0700. The summed E-state index contributed by atoms with van der Waals surface area (Å²) in [6.45, 7) is 1.22. The van der Waals surface area contributed by atoms with Crippen molar-refractivity contribution in [3.63, 3.8) is 0 Å². The molecule has 2 heterocycles. The number of carbonyl (C=O) groups is 2. The molecule has 2 aromatic rings. The SMILES string of the molecule is O=C(CCN1CCSC1=O)Nc1ccc(-c2nccs2)cc1. The molecule has 3 rings (SSSR count). The van der Waals surface area contributed by atoms with E-state index in [4.69, 9.17) is 0 Å². The van der Waals surface area contributed by atoms with Gasteiger partial charge in [-0.15, -0.1) is 11.3 Å². The van der Waals surface area contributed by atoms with Gasteiger partial charge in [-0.1, -0.05) is 11.8 Å². The van der Waals surface area contributed by atoms with Gasteiger partial charge in [0.15, 0.2) is 0 Å². The third kappa shape index (κ3) is 3.66. The Kier molecular flexibility index (Phi) is 4.74. The number of anilines is 1. The van der Waals surface area contributed by atoms with Crippen molar-refractivity contribution in [3.8, 4) is 10.6 Å². The van der Waals surface area contributed by atoms with Gasteiger partial charge in [0, 0.05) is 48.1 Å². The van der Waals surface area contributed by atoms with Crippen LogP contribution in [0.5, 0.6) is 0 Å². The zero-order chi connectivity index (χ0) is 15.4. The summed E-state index contributed by atoms with van der Waals surface area (Å²) < 4.78 is 0. The summed E-state index contributed by atoms with van der Waals surface area (Å²) in [6.07, 6.45) is 2.09. The predicted octanol–water partition coefficient (Wildman–Crippen LogP) is 3.31. The number of thioether (sulfide) groups is 1. The molecule has 0 spiro atoms. The molecule has 1 fully saturated rings. The van der Waals surface area contributed by atoms with E-state index < -0.39 is 0 Å². The lowest BCUT2D eigenvalue weighted by Gasteiger charge is -2.14. The Morgan fingerprint density at radius 3 is 2.77 bits per heavy atom. The first kappa shape index (κ1) is 15.1. The molecule has 1 saturated heterocycles. The molecule has 5 nitrogen and oxygen atoms in total. The number of nitrogens with zero attached hydrogens (tertiary/aromatic N) is 2. The fraction of sp³-hybridized carbons (Fsp3) is 0.267. The van der Waals surface area contributed by atoms with Gasteiger partial charge in [-0.25, -0.2) is 4.98 Å². The Hall–Kier alpha value is -1.86. The van der Waals surface area contributed by atoms with Crippen molar-refractivity contribution >= 4 is 39.9 Å². The molecular weight excluding hydrogens is 318 g/mol. The van der Waals surface area contributed by atoms with E-state index in [1.165, 1.54) is 11.8 Å². The van der Waals surface area contributed by atoms with E-state index in [2.05, 4.69) is 10.3 Å². The number of hydrogen-bond acceptors (Lipinski definition) is 5. The van der Waals surface area contributed by atoms with Crippen LogP contribution in [0, 0.1) is 0 Å². The first-order valence-electron chi connectivity index (χ1n) is 6.94. The highest BCUT2D eigenvalue weighted by molar-refractivity contribution is 8.13. The van der Waals surface area contributed by atoms with E-state index in [9.17, 15) is 9.59 Å². The van der Waals surface area contributed by atoms with Crippen molar-refractivity contribution < 1.29 is 9.59 Å². The smallest absolute Gasteiger partial charge is 0.281 e. The van der Waals surface area contributed by atoms with Gasteiger partial charge >= 0.3 is 0 Å². The molecule has 0 aliphatic carbocycles. The molecular formula is C15H15N3O2S2. The fourth-order valence-electron chi connectivity index (χ4n) is 2.15. The average Bonchev–Trinajstić information content (AvgIpc) is 3.18. The van der Waals surface area contributed by atoms with E-state index in [1.54, 1.807) is 22.4 Å². The summed E-state index contributed by atoms with van der Waals surface area (Å²) in [5, 5.41) is 5.82. The maximum absolute atomic E-state index is 11.9. The summed E-state index contributed by atoms with van der Waals surface area (Å²) in [6, 6.07) is 7.61. The van der Waals surface area contributed by atoms with Crippen molar-refractivity contribution in [1.82, 2.24) is 9.88 Å². The minimum atomic E-state index is -0.0771. The second-order valence-electron chi connectivity index (χ2n) is 4.81. The summed E-state index contributed by atoms with van der Waals surface area (Å²) in [5.74, 6) is 0.741. The maximum Gasteiger partial charge on any atom is 0.281 e. The largest absolute Gasteiger partial charge is 0.332 e. The zero-order valence-corrected chi connectivity index (χ0v) is 13.5. The van der Waals surface area contributed by atoms with Crippen LogP contribution >= 0.6 is 23.1 Å². The van der Waals surface area contributed by atoms with Crippen molar-refractivity contribution in [3.05, 3.63) is 35.8 Å². The van der Waals surface area contributed by atoms with Gasteiger partial charge in [0.2, 0.25) is 5.91 Å². The van der Waals surface area contributed by atoms with E-state index >= 15 is 0 Å². The number of benzene rings is 1. The molecule has 7 heteroatoms. The van der Waals surface area contributed by atoms with Gasteiger partial charge in [0.05, 0.1) is 0 Å². The minimum Gasteiger partial charge on any atom is -0.332 e. The van der Waals surface area contributed by atoms with E-state index in [0.717, 1.165) is 28.6 Å². The standard InChI is InChI=1S/C15H15N3O2S2/c19-13(5-7-18-8-10-22-15(18)20)17-12-3-1-11(2-4-12)14-16-6-9-21-14/h1-4,6,9H,5,7-8,10H2,(H,17,19). The van der Waals surface area contributed by atoms with Crippen molar-refractivity contribution in [2.75, 3.05) is 24.2 Å². The van der Waals surface area contributed by atoms with Crippen molar-refractivity contribution in [2.45, 2.75) is 6.42 Å². The average molecular weight is 333 g/mol. The van der Waals surface area contributed by atoms with E-state index in [0.29, 0.717) is 13.0 Å². The molecule has 114 valence electrons. The number of thiazole rings is 1. The molecule has 1 aromatic heterocycles. The molecule has 1 aliphatic heterocycles. The predicted molar refractivity (Wildman–Crippen MR) is 90.2 cm³/mol. The van der Waals surface area contributed by atoms with Gasteiger partial charge in [0.25, 0.3) is 5.24 Å². The van der Waals surface area contributed by atoms with Crippen LogP contribution in [0.2, 0.25) is 0 Å². The molecule has 0 atom stereocenters. The van der Waals surface area contributed by atoms with Crippen molar-refractivity contribution in [2.24, 2.45) is 0 Å². The lowest BCUT2D eigenvalue weighted by Crippen LogP contribution is -2.27. The number of rotatable bonds is 5. The Balaban J connectivity index is 1.52. The zero-order valence-electron chi connectivity index (χ0n) is 11.8. The molecule has 1 aliphatic rings. The van der Waals surface area contributed by atoms with Crippen LogP contribution in [-0.4, -0.2) is 39.9 Å². The number of nitrogens with one attached hydrogen (secondary N) is 1. The Morgan fingerprint density at radius 2 is 2.14 bits per heavy atom. The highest BCUT2D eigenvalue weighted by Gasteiger charge is 2.21. The van der Waals surface area contributed by atoms with Crippen LogP contribution in [0.25, 0.3) is 10.6 Å². The second-order valence-corrected chi connectivity index (χ2v) is 6.75. The second kappa shape index (κ2) is 6.93. The third-order valence-corrected chi connectivity index (χ3v) is 5.02. The summed E-state index contributed by atoms with van der Waals surface area (Å²) >= 11 is 2.89. The number of hydrogen-bond donors (Lipinski definition) is 1. The molecule has 22 heavy (non-hydrogen) atoms. The van der Waals surface area contributed by atoms with Gasteiger partial charge in [-0.3, -0.25) is 9.59 Å². The van der Waals surface area contributed by atoms with Gasteiger partial charge in [-0.05, 0) is 24.3 Å². The molecule has 1 aromatic carbocycles. The molecule has 0 bridgehead atoms. The Labute approximate surface area is 136 Å². The van der Waals surface area contributed by atoms with Crippen LogP contribution in [-0.2, 0) is 4.79 Å². The fourth-order valence-corrected chi connectivity index (χ4v) is 3.65. The molecule has 2 amide bonds. The van der Waals surface area contributed by atoms with E-state index in [-0.39, 0.29) is 11.1 Å². The molecule has 1 N–H and O–H groups in total. The quantitative estimate of drug-likeness (QED) is 0.912. The maximum atomic E-state index is 11.9. The lowest BCUT2D eigenvalue weighted by atomic mass is 10.2. The van der Waals surface area contributed by atoms with Crippen LogP contribution in [0.15, 0.2) is 35.8 Å². The van der Waals surface area contributed by atoms with E-state index in [1.807, 2.05) is 29.6 Å². The van der Waals surface area contributed by atoms with Crippen LogP contribution in [0.3, 0.4) is 0 Å². The summed E-state index contributed by atoms with van der Waals surface area (Å²) in [4.78, 5) is 29.3. The van der Waals surface area contributed by atoms with Crippen LogP contribution in [0.4, 0.5) is 10.5 Å². The molecule has 0 unspecified atom stereocenters. The normalized spacial score (nSPS) is 14.4. The van der Waals surface area contributed by atoms with Gasteiger partial charge in [-0.2, -0.15) is 0 Å². The third-order valence-electron chi connectivity index (χ3n) is 3.30. The first-order chi connectivity index (χ1) is 10.7. The Bertz CT molecular complexity index is 656. The highest BCUT2D eigenvalue weighted by Crippen LogP contribution is 2.23. The van der Waals surface area contributed by atoms with Crippen LogP contribution < -0.4 is 5.32 Å². The van der Waals surface area contributed by atoms with Crippen LogP contribution in [0.1, 0.15) is 6.42 Å². The highest BCUT2D eigenvalue weighted by atomic mass is 32.2. The number of carbonyl (C=O) groups excluding carboxylic acids is 2. The number of amides is 2. The Morgan fingerprint density at radius 1 is 1.32 bits per heavy atom.